The molecule has 0 aromatic carbocycles. The van der Waals surface area contributed by atoms with Crippen LogP contribution in [0.5, 0.6) is 0 Å². The minimum atomic E-state index is 0.494. The second-order valence-corrected chi connectivity index (χ2v) is 5.51. The highest BCUT2D eigenvalue weighted by atomic mass is 14.9. The van der Waals surface area contributed by atoms with Crippen molar-refractivity contribution in [1.82, 2.24) is 5.32 Å². The summed E-state index contributed by atoms with van der Waals surface area (Å²) in [4.78, 5) is 0. The molecule has 0 rings (SSSR count). The molecule has 0 amide bonds. The summed E-state index contributed by atoms with van der Waals surface area (Å²) >= 11 is 0. The van der Waals surface area contributed by atoms with Gasteiger partial charge in [0.1, 0.15) is 0 Å². The molecular formula is C13H29N. The lowest BCUT2D eigenvalue weighted by molar-refractivity contribution is 0.351. The molecular weight excluding hydrogens is 170 g/mol. The van der Waals surface area contributed by atoms with E-state index in [0.29, 0.717) is 5.41 Å². The Balaban J connectivity index is 3.42. The van der Waals surface area contributed by atoms with Crippen molar-refractivity contribution in [3.63, 3.8) is 0 Å². The summed E-state index contributed by atoms with van der Waals surface area (Å²) < 4.78 is 0. The average molecular weight is 199 g/mol. The Morgan fingerprint density at radius 3 is 2.21 bits per heavy atom. The van der Waals surface area contributed by atoms with Gasteiger partial charge in [0.15, 0.2) is 0 Å². The van der Waals surface area contributed by atoms with Crippen LogP contribution < -0.4 is 5.32 Å². The largest absolute Gasteiger partial charge is 0.314 e. The summed E-state index contributed by atoms with van der Waals surface area (Å²) in [5.74, 6) is 0. The topological polar surface area (TPSA) is 12.0 Å². The second kappa shape index (κ2) is 7.28. The van der Waals surface area contributed by atoms with Crippen LogP contribution in [-0.4, -0.2) is 12.6 Å². The zero-order valence-electron chi connectivity index (χ0n) is 10.8. The van der Waals surface area contributed by atoms with E-state index in [1.165, 1.54) is 38.6 Å². The maximum absolute atomic E-state index is 3.64. The zero-order chi connectivity index (χ0) is 11.0. The summed E-state index contributed by atoms with van der Waals surface area (Å²) in [5.41, 5.74) is 0.494. The van der Waals surface area contributed by atoms with Gasteiger partial charge in [-0.3, -0.25) is 0 Å². The SMILES string of the molecule is CCCC(CC)NCCCC(C)(C)C. The van der Waals surface area contributed by atoms with Crippen LogP contribution in [0.2, 0.25) is 0 Å². The fourth-order valence-corrected chi connectivity index (χ4v) is 1.72. The summed E-state index contributed by atoms with van der Waals surface area (Å²) in [6, 6.07) is 0.750. The van der Waals surface area contributed by atoms with Gasteiger partial charge < -0.3 is 5.32 Å². The Bertz CT molecular complexity index is 124. The van der Waals surface area contributed by atoms with Crippen LogP contribution in [-0.2, 0) is 0 Å². The first-order valence-corrected chi connectivity index (χ1v) is 6.23. The molecule has 14 heavy (non-hydrogen) atoms. The third kappa shape index (κ3) is 8.55. The second-order valence-electron chi connectivity index (χ2n) is 5.51. The van der Waals surface area contributed by atoms with Crippen LogP contribution in [0.25, 0.3) is 0 Å². The van der Waals surface area contributed by atoms with Gasteiger partial charge in [-0.25, -0.2) is 0 Å². The molecule has 1 N–H and O–H groups in total. The van der Waals surface area contributed by atoms with Gasteiger partial charge in [0.05, 0.1) is 0 Å². The van der Waals surface area contributed by atoms with Crippen molar-refractivity contribution in [2.24, 2.45) is 5.41 Å². The van der Waals surface area contributed by atoms with E-state index in [4.69, 9.17) is 0 Å². The third-order valence-electron chi connectivity index (χ3n) is 2.67. The molecule has 0 saturated heterocycles. The van der Waals surface area contributed by atoms with Crippen molar-refractivity contribution in [1.29, 1.82) is 0 Å². The number of hydrogen-bond acceptors (Lipinski definition) is 1. The Morgan fingerprint density at radius 1 is 1.14 bits per heavy atom. The maximum atomic E-state index is 3.64. The van der Waals surface area contributed by atoms with Gasteiger partial charge >= 0.3 is 0 Å². The van der Waals surface area contributed by atoms with Crippen molar-refractivity contribution in [2.75, 3.05) is 6.54 Å². The van der Waals surface area contributed by atoms with Crippen LogP contribution in [0.4, 0.5) is 0 Å². The van der Waals surface area contributed by atoms with E-state index in [1.807, 2.05) is 0 Å². The molecule has 0 aliphatic rings. The Kier molecular flexibility index (Phi) is 7.26. The van der Waals surface area contributed by atoms with Crippen LogP contribution in [0.3, 0.4) is 0 Å². The molecule has 0 aromatic heterocycles. The van der Waals surface area contributed by atoms with Gasteiger partial charge in [0.2, 0.25) is 0 Å². The first-order chi connectivity index (χ1) is 6.49. The lowest BCUT2D eigenvalue weighted by Crippen LogP contribution is -2.29. The smallest absolute Gasteiger partial charge is 0.00643 e. The van der Waals surface area contributed by atoms with Crippen molar-refractivity contribution in [2.45, 2.75) is 72.8 Å². The number of nitrogens with one attached hydrogen (secondary N) is 1. The van der Waals surface area contributed by atoms with E-state index in [-0.39, 0.29) is 0 Å². The molecule has 0 spiro atoms. The Morgan fingerprint density at radius 2 is 1.79 bits per heavy atom. The molecule has 0 fully saturated rings. The molecule has 0 aliphatic heterocycles. The lowest BCUT2D eigenvalue weighted by atomic mass is 9.90. The number of rotatable bonds is 7. The molecule has 86 valence electrons. The van der Waals surface area contributed by atoms with E-state index < -0.39 is 0 Å². The highest BCUT2D eigenvalue weighted by Gasteiger charge is 2.09. The van der Waals surface area contributed by atoms with Crippen molar-refractivity contribution in [3.05, 3.63) is 0 Å². The predicted octanol–water partition coefficient (Wildman–Crippen LogP) is 3.98. The average Bonchev–Trinajstić information content (AvgIpc) is 2.08. The quantitative estimate of drug-likeness (QED) is 0.612. The van der Waals surface area contributed by atoms with Crippen LogP contribution in [0.1, 0.15) is 66.7 Å². The van der Waals surface area contributed by atoms with E-state index in [0.717, 1.165) is 6.04 Å². The third-order valence-corrected chi connectivity index (χ3v) is 2.67. The molecule has 0 saturated carbocycles. The van der Waals surface area contributed by atoms with Gasteiger partial charge in [-0.2, -0.15) is 0 Å². The van der Waals surface area contributed by atoms with Crippen molar-refractivity contribution >= 4 is 0 Å². The van der Waals surface area contributed by atoms with Crippen LogP contribution in [0.15, 0.2) is 0 Å². The van der Waals surface area contributed by atoms with E-state index in [9.17, 15) is 0 Å². The molecule has 0 radical (unpaired) electrons. The Labute approximate surface area is 90.7 Å². The van der Waals surface area contributed by atoms with Gasteiger partial charge in [0, 0.05) is 6.04 Å². The monoisotopic (exact) mass is 199 g/mol. The van der Waals surface area contributed by atoms with Gasteiger partial charge in [-0.1, -0.05) is 41.0 Å². The first-order valence-electron chi connectivity index (χ1n) is 6.23. The maximum Gasteiger partial charge on any atom is 0.00643 e. The lowest BCUT2D eigenvalue weighted by Gasteiger charge is -2.20. The fourth-order valence-electron chi connectivity index (χ4n) is 1.72. The van der Waals surface area contributed by atoms with Gasteiger partial charge in [-0.05, 0) is 37.6 Å². The van der Waals surface area contributed by atoms with Gasteiger partial charge in [-0.15, -0.1) is 0 Å². The van der Waals surface area contributed by atoms with E-state index >= 15 is 0 Å². The highest BCUT2D eigenvalue weighted by Crippen LogP contribution is 2.19. The molecule has 0 heterocycles. The minimum Gasteiger partial charge on any atom is -0.314 e. The summed E-state index contributed by atoms with van der Waals surface area (Å²) in [7, 11) is 0. The van der Waals surface area contributed by atoms with E-state index in [1.54, 1.807) is 0 Å². The first kappa shape index (κ1) is 14.0. The molecule has 0 aromatic rings. The molecule has 1 nitrogen and oxygen atoms in total. The molecule has 1 heteroatoms. The fraction of sp³-hybridized carbons (Fsp3) is 1.00. The summed E-state index contributed by atoms with van der Waals surface area (Å²) in [5, 5.41) is 3.64. The minimum absolute atomic E-state index is 0.494. The van der Waals surface area contributed by atoms with Crippen LogP contribution >= 0.6 is 0 Å². The predicted molar refractivity (Wildman–Crippen MR) is 65.7 cm³/mol. The molecule has 0 bridgehead atoms. The molecule has 0 aliphatic carbocycles. The standard InChI is InChI=1S/C13H29N/c1-6-9-12(7-2)14-11-8-10-13(3,4)5/h12,14H,6-11H2,1-5H3. The summed E-state index contributed by atoms with van der Waals surface area (Å²) in [6.45, 7) is 12.7. The number of hydrogen-bond donors (Lipinski definition) is 1. The van der Waals surface area contributed by atoms with E-state index in [2.05, 4.69) is 39.9 Å². The van der Waals surface area contributed by atoms with Crippen molar-refractivity contribution in [3.8, 4) is 0 Å². The van der Waals surface area contributed by atoms with Crippen LogP contribution in [0, 0.1) is 5.41 Å². The zero-order valence-corrected chi connectivity index (χ0v) is 10.8. The highest BCUT2D eigenvalue weighted by molar-refractivity contribution is 4.66. The van der Waals surface area contributed by atoms with Gasteiger partial charge in [0.25, 0.3) is 0 Å². The molecule has 1 atom stereocenters. The molecule has 1 unspecified atom stereocenters. The normalized spacial score (nSPS) is 14.4. The van der Waals surface area contributed by atoms with Crippen molar-refractivity contribution < 1.29 is 0 Å². The summed E-state index contributed by atoms with van der Waals surface area (Å²) in [6.07, 6.45) is 6.52. The Hall–Kier alpha value is -0.0400.